The Morgan fingerprint density at radius 2 is 2.43 bits per heavy atom. The Balaban J connectivity index is 2.14. The summed E-state index contributed by atoms with van der Waals surface area (Å²) in [6.07, 6.45) is 0.883. The molecule has 1 aromatic rings. The second kappa shape index (κ2) is 3.50. The van der Waals surface area contributed by atoms with E-state index in [0.717, 1.165) is 17.7 Å². The number of carbonyl (C=O) groups is 1. The molecule has 0 bridgehead atoms. The van der Waals surface area contributed by atoms with Crippen LogP contribution in [0.2, 0.25) is 5.02 Å². The molecule has 0 spiro atoms. The van der Waals surface area contributed by atoms with E-state index >= 15 is 0 Å². The molecule has 1 aliphatic rings. The molecule has 2 rings (SSSR count). The number of fused-ring (bicyclic) bond motifs is 1. The van der Waals surface area contributed by atoms with E-state index < -0.39 is 5.97 Å². The number of carboxylic acid groups (broad SMARTS) is 1. The van der Waals surface area contributed by atoms with Gasteiger partial charge in [-0.2, -0.15) is 0 Å². The quantitative estimate of drug-likeness (QED) is 0.788. The number of anilines is 1. The largest absolute Gasteiger partial charge is 0.481 e. The van der Waals surface area contributed by atoms with E-state index in [1.165, 1.54) is 0 Å². The molecule has 0 radical (unpaired) electrons. The lowest BCUT2D eigenvalue weighted by Crippen LogP contribution is -2.19. The molecule has 2 N–H and O–H groups in total. The molecular weight excluding hydrogens is 202 g/mol. The SMILES string of the molecule is O=C(O)CC1Cc2cc(Cl)ccc2N1. The number of aliphatic carboxylic acids is 1. The zero-order chi connectivity index (χ0) is 10.1. The zero-order valence-corrected chi connectivity index (χ0v) is 8.21. The third-order valence-corrected chi connectivity index (χ3v) is 2.55. The Morgan fingerprint density at radius 1 is 1.64 bits per heavy atom. The molecule has 1 heterocycles. The zero-order valence-electron chi connectivity index (χ0n) is 7.46. The summed E-state index contributed by atoms with van der Waals surface area (Å²) in [5.41, 5.74) is 2.10. The highest BCUT2D eigenvalue weighted by atomic mass is 35.5. The first-order valence-corrected chi connectivity index (χ1v) is 4.79. The second-order valence-corrected chi connectivity index (χ2v) is 3.88. The van der Waals surface area contributed by atoms with Crippen molar-refractivity contribution < 1.29 is 9.90 Å². The maximum Gasteiger partial charge on any atom is 0.305 e. The van der Waals surface area contributed by atoms with Gasteiger partial charge in [0, 0.05) is 16.8 Å². The summed E-state index contributed by atoms with van der Waals surface area (Å²) in [5, 5.41) is 12.5. The number of nitrogens with one attached hydrogen (secondary N) is 1. The monoisotopic (exact) mass is 211 g/mol. The number of hydrogen-bond donors (Lipinski definition) is 2. The van der Waals surface area contributed by atoms with Gasteiger partial charge in [-0.1, -0.05) is 11.6 Å². The highest BCUT2D eigenvalue weighted by Gasteiger charge is 2.22. The average Bonchev–Trinajstić information content (AvgIpc) is 2.44. The van der Waals surface area contributed by atoms with Gasteiger partial charge >= 0.3 is 5.97 Å². The van der Waals surface area contributed by atoms with Crippen molar-refractivity contribution in [1.29, 1.82) is 0 Å². The van der Waals surface area contributed by atoms with E-state index in [0.29, 0.717) is 5.02 Å². The Hall–Kier alpha value is -1.22. The Morgan fingerprint density at radius 3 is 3.14 bits per heavy atom. The van der Waals surface area contributed by atoms with Gasteiger partial charge in [0.1, 0.15) is 0 Å². The maximum absolute atomic E-state index is 10.5. The van der Waals surface area contributed by atoms with Crippen LogP contribution in [0, 0.1) is 0 Å². The van der Waals surface area contributed by atoms with Crippen molar-refractivity contribution in [2.24, 2.45) is 0 Å². The first-order valence-electron chi connectivity index (χ1n) is 4.42. The summed E-state index contributed by atoms with van der Waals surface area (Å²) in [4.78, 5) is 10.5. The van der Waals surface area contributed by atoms with Crippen molar-refractivity contribution in [2.45, 2.75) is 18.9 Å². The predicted octanol–water partition coefficient (Wildman–Crippen LogP) is 2.15. The molecule has 0 amide bonds. The van der Waals surface area contributed by atoms with Gasteiger partial charge in [-0.05, 0) is 30.2 Å². The van der Waals surface area contributed by atoms with Crippen LogP contribution < -0.4 is 5.32 Å². The number of benzene rings is 1. The van der Waals surface area contributed by atoms with Gasteiger partial charge < -0.3 is 10.4 Å². The predicted molar refractivity (Wildman–Crippen MR) is 54.8 cm³/mol. The van der Waals surface area contributed by atoms with E-state index in [4.69, 9.17) is 16.7 Å². The molecule has 1 aliphatic heterocycles. The number of hydrogen-bond acceptors (Lipinski definition) is 2. The molecule has 4 heteroatoms. The summed E-state index contributed by atoms with van der Waals surface area (Å²) in [6.45, 7) is 0. The van der Waals surface area contributed by atoms with Crippen molar-refractivity contribution >= 4 is 23.3 Å². The van der Waals surface area contributed by atoms with E-state index in [1.807, 2.05) is 12.1 Å². The Kier molecular flexibility index (Phi) is 2.33. The minimum absolute atomic E-state index is 0.000895. The Bertz CT molecular complexity index is 378. The van der Waals surface area contributed by atoms with Crippen LogP contribution in [0.3, 0.4) is 0 Å². The summed E-state index contributed by atoms with van der Waals surface area (Å²) in [7, 11) is 0. The maximum atomic E-state index is 10.5. The van der Waals surface area contributed by atoms with Crippen LogP contribution in [0.1, 0.15) is 12.0 Å². The lowest BCUT2D eigenvalue weighted by molar-refractivity contribution is -0.137. The molecule has 3 nitrogen and oxygen atoms in total. The van der Waals surface area contributed by atoms with Crippen LogP contribution in [0.4, 0.5) is 5.69 Å². The molecule has 1 atom stereocenters. The van der Waals surface area contributed by atoms with Crippen LogP contribution >= 0.6 is 11.6 Å². The minimum atomic E-state index is -0.776. The highest BCUT2D eigenvalue weighted by Crippen LogP contribution is 2.29. The van der Waals surface area contributed by atoms with Crippen LogP contribution in [0.25, 0.3) is 0 Å². The number of rotatable bonds is 2. The summed E-state index contributed by atoms with van der Waals surface area (Å²) in [6, 6.07) is 5.57. The van der Waals surface area contributed by atoms with Crippen LogP contribution in [0.5, 0.6) is 0 Å². The molecule has 0 fully saturated rings. The van der Waals surface area contributed by atoms with Gasteiger partial charge in [-0.15, -0.1) is 0 Å². The normalized spacial score (nSPS) is 18.8. The van der Waals surface area contributed by atoms with Crippen LogP contribution in [0.15, 0.2) is 18.2 Å². The second-order valence-electron chi connectivity index (χ2n) is 3.44. The van der Waals surface area contributed by atoms with E-state index in [1.54, 1.807) is 6.07 Å². The fourth-order valence-corrected chi connectivity index (χ4v) is 1.94. The van der Waals surface area contributed by atoms with Crippen LogP contribution in [-0.2, 0) is 11.2 Å². The molecule has 14 heavy (non-hydrogen) atoms. The van der Waals surface area contributed by atoms with Gasteiger partial charge in [0.25, 0.3) is 0 Å². The average molecular weight is 212 g/mol. The third-order valence-electron chi connectivity index (χ3n) is 2.31. The molecule has 0 saturated carbocycles. The fourth-order valence-electron chi connectivity index (χ4n) is 1.74. The van der Waals surface area contributed by atoms with Crippen molar-refractivity contribution in [3.05, 3.63) is 28.8 Å². The molecular formula is C10H10ClNO2. The first kappa shape index (κ1) is 9.34. The van der Waals surface area contributed by atoms with Gasteiger partial charge in [-0.25, -0.2) is 0 Å². The fraction of sp³-hybridized carbons (Fsp3) is 0.300. The molecule has 74 valence electrons. The smallest absolute Gasteiger partial charge is 0.305 e. The summed E-state index contributed by atoms with van der Waals surface area (Å²) >= 11 is 5.83. The lowest BCUT2D eigenvalue weighted by Gasteiger charge is -2.06. The molecule has 1 unspecified atom stereocenters. The first-order chi connectivity index (χ1) is 6.65. The number of carboxylic acids is 1. The van der Waals surface area contributed by atoms with Crippen molar-refractivity contribution in [3.8, 4) is 0 Å². The van der Waals surface area contributed by atoms with Crippen molar-refractivity contribution in [2.75, 3.05) is 5.32 Å². The summed E-state index contributed by atoms with van der Waals surface area (Å²) < 4.78 is 0. The van der Waals surface area contributed by atoms with Gasteiger partial charge in [-0.3, -0.25) is 4.79 Å². The lowest BCUT2D eigenvalue weighted by atomic mass is 10.1. The standard InChI is InChI=1S/C10H10ClNO2/c11-7-1-2-9-6(3-7)4-8(12-9)5-10(13)14/h1-3,8,12H,4-5H2,(H,13,14). The van der Waals surface area contributed by atoms with E-state index in [2.05, 4.69) is 5.32 Å². The summed E-state index contributed by atoms with van der Waals surface area (Å²) in [5.74, 6) is -0.776. The topological polar surface area (TPSA) is 49.3 Å². The minimum Gasteiger partial charge on any atom is -0.481 e. The van der Waals surface area contributed by atoms with Gasteiger partial charge in [0.2, 0.25) is 0 Å². The molecule has 1 aromatic carbocycles. The van der Waals surface area contributed by atoms with Gasteiger partial charge in [0.15, 0.2) is 0 Å². The molecule has 0 aromatic heterocycles. The Labute approximate surface area is 86.7 Å². The third kappa shape index (κ3) is 1.82. The van der Waals surface area contributed by atoms with Crippen molar-refractivity contribution in [1.82, 2.24) is 0 Å². The van der Waals surface area contributed by atoms with Gasteiger partial charge in [0.05, 0.1) is 6.42 Å². The van der Waals surface area contributed by atoms with E-state index in [-0.39, 0.29) is 12.5 Å². The van der Waals surface area contributed by atoms with Crippen LogP contribution in [-0.4, -0.2) is 17.1 Å². The van der Waals surface area contributed by atoms with E-state index in [9.17, 15) is 4.79 Å². The number of halogens is 1. The van der Waals surface area contributed by atoms with Crippen molar-refractivity contribution in [3.63, 3.8) is 0 Å². The molecule has 0 saturated heterocycles. The molecule has 0 aliphatic carbocycles. The highest BCUT2D eigenvalue weighted by molar-refractivity contribution is 6.30.